The third kappa shape index (κ3) is 2.16. The lowest BCUT2D eigenvalue weighted by Crippen LogP contribution is -2.63. The molecule has 3 atom stereocenters. The molecule has 144 valence electrons. The van der Waals surface area contributed by atoms with Crippen molar-refractivity contribution in [3.05, 3.63) is 34.3 Å². The summed E-state index contributed by atoms with van der Waals surface area (Å²) in [5.74, 6) is 7.28. The fraction of sp³-hybridized carbons (Fsp3) is 0.769. The Bertz CT molecular complexity index is 712. The molecule has 8 saturated carbocycles. The van der Waals surface area contributed by atoms with Crippen LogP contribution in [0.15, 0.2) is 28.7 Å². The molecule has 0 heterocycles. The van der Waals surface area contributed by atoms with Crippen molar-refractivity contribution in [2.24, 2.45) is 46.3 Å². The van der Waals surface area contributed by atoms with Gasteiger partial charge in [0.15, 0.2) is 0 Å². The topological polar surface area (TPSA) is 0 Å². The maximum Gasteiger partial charge on any atom is 0.0175 e. The number of halogens is 1. The third-order valence-electron chi connectivity index (χ3n) is 10.6. The molecule has 8 bridgehead atoms. The Morgan fingerprint density at radius 2 is 1.11 bits per heavy atom. The molecule has 0 spiro atoms. The van der Waals surface area contributed by atoms with Crippen LogP contribution in [0.4, 0.5) is 0 Å². The van der Waals surface area contributed by atoms with Crippen molar-refractivity contribution < 1.29 is 0 Å². The van der Waals surface area contributed by atoms with Gasteiger partial charge in [0.05, 0.1) is 0 Å². The van der Waals surface area contributed by atoms with Gasteiger partial charge >= 0.3 is 0 Å². The first-order valence-corrected chi connectivity index (χ1v) is 12.7. The molecule has 27 heavy (non-hydrogen) atoms. The number of rotatable bonds is 2. The normalized spacial score (nSPS) is 54.6. The molecule has 1 aromatic rings. The van der Waals surface area contributed by atoms with E-state index in [1.165, 1.54) is 4.47 Å². The monoisotopic (exact) mass is 424 g/mol. The highest BCUT2D eigenvalue weighted by Crippen LogP contribution is 2.78. The Labute approximate surface area is 173 Å². The van der Waals surface area contributed by atoms with Gasteiger partial charge in [0, 0.05) is 4.47 Å². The van der Waals surface area contributed by atoms with Crippen molar-refractivity contribution in [2.75, 3.05) is 0 Å². The summed E-state index contributed by atoms with van der Waals surface area (Å²) in [7, 11) is 0. The molecule has 0 radical (unpaired) electrons. The molecule has 0 saturated heterocycles. The van der Waals surface area contributed by atoms with E-state index in [1.54, 1.807) is 76.2 Å². The summed E-state index contributed by atoms with van der Waals surface area (Å²) in [5, 5.41) is 0. The fourth-order valence-electron chi connectivity index (χ4n) is 10.8. The summed E-state index contributed by atoms with van der Waals surface area (Å²) < 4.78 is 1.25. The van der Waals surface area contributed by atoms with E-state index in [-0.39, 0.29) is 0 Å². The zero-order valence-electron chi connectivity index (χ0n) is 16.5. The lowest BCUT2D eigenvalue weighted by Gasteiger charge is -2.73. The smallest absolute Gasteiger partial charge is 0.0175 e. The molecule has 0 aromatic heterocycles. The molecule has 8 fully saturated rings. The van der Waals surface area contributed by atoms with E-state index >= 15 is 0 Å². The molecule has 0 N–H and O–H groups in total. The second-order valence-electron chi connectivity index (χ2n) is 12.0. The number of hydrogen-bond acceptors (Lipinski definition) is 0. The highest BCUT2D eigenvalue weighted by molar-refractivity contribution is 9.10. The van der Waals surface area contributed by atoms with E-state index in [9.17, 15) is 0 Å². The first kappa shape index (κ1) is 16.5. The van der Waals surface area contributed by atoms with Gasteiger partial charge in [-0.1, -0.05) is 28.1 Å². The van der Waals surface area contributed by atoms with E-state index in [4.69, 9.17) is 0 Å². The minimum Gasteiger partial charge on any atom is -0.0576 e. The van der Waals surface area contributed by atoms with Crippen molar-refractivity contribution in [1.82, 2.24) is 0 Å². The number of benzene rings is 1. The van der Waals surface area contributed by atoms with Crippen LogP contribution in [0.25, 0.3) is 0 Å². The Hall–Kier alpha value is -0.300. The van der Waals surface area contributed by atoms with Gasteiger partial charge in [-0.25, -0.2) is 0 Å². The highest BCUT2D eigenvalue weighted by atomic mass is 79.9. The molecule has 8 aliphatic carbocycles. The minimum atomic E-state index is 0.658. The van der Waals surface area contributed by atoms with Crippen LogP contribution in [-0.4, -0.2) is 0 Å². The second kappa shape index (κ2) is 5.44. The predicted octanol–water partition coefficient (Wildman–Crippen LogP) is 7.58. The van der Waals surface area contributed by atoms with Crippen LogP contribution in [0.5, 0.6) is 0 Å². The van der Waals surface area contributed by atoms with E-state index in [0.29, 0.717) is 5.41 Å². The summed E-state index contributed by atoms with van der Waals surface area (Å²) >= 11 is 3.69. The highest BCUT2D eigenvalue weighted by Gasteiger charge is 2.68. The van der Waals surface area contributed by atoms with Crippen LogP contribution in [0, 0.1) is 46.3 Å². The molecule has 9 rings (SSSR count). The Morgan fingerprint density at radius 1 is 0.630 bits per heavy atom. The van der Waals surface area contributed by atoms with Crippen molar-refractivity contribution in [1.29, 1.82) is 0 Å². The van der Waals surface area contributed by atoms with Crippen LogP contribution < -0.4 is 0 Å². The Kier molecular flexibility index (Phi) is 3.32. The number of hydrogen-bond donors (Lipinski definition) is 0. The van der Waals surface area contributed by atoms with Gasteiger partial charge < -0.3 is 0 Å². The Balaban J connectivity index is 1.39. The fourth-order valence-corrected chi connectivity index (χ4v) is 11.0. The third-order valence-corrected chi connectivity index (χ3v) is 11.2. The van der Waals surface area contributed by atoms with Crippen LogP contribution >= 0.6 is 15.9 Å². The molecule has 1 aromatic carbocycles. The molecular formula is C26H33Br. The van der Waals surface area contributed by atoms with Crippen molar-refractivity contribution in [3.63, 3.8) is 0 Å². The molecule has 0 amide bonds. The van der Waals surface area contributed by atoms with Crippen molar-refractivity contribution in [3.8, 4) is 0 Å². The average Bonchev–Trinajstić information content (AvgIpc) is 2.61. The van der Waals surface area contributed by atoms with Gasteiger partial charge in [-0.05, 0) is 141 Å². The average molecular weight is 425 g/mol. The summed E-state index contributed by atoms with van der Waals surface area (Å²) in [6.07, 6.45) is 17.5. The van der Waals surface area contributed by atoms with E-state index < -0.39 is 0 Å². The van der Waals surface area contributed by atoms with E-state index in [1.807, 2.05) is 0 Å². The van der Waals surface area contributed by atoms with Gasteiger partial charge in [0.1, 0.15) is 0 Å². The summed E-state index contributed by atoms with van der Waals surface area (Å²) in [6, 6.07) is 9.65. The lowest BCUT2D eigenvalue weighted by molar-refractivity contribution is -0.211. The van der Waals surface area contributed by atoms with Gasteiger partial charge in [-0.15, -0.1) is 0 Å². The van der Waals surface area contributed by atoms with E-state index in [2.05, 4.69) is 40.2 Å². The van der Waals surface area contributed by atoms with Crippen molar-refractivity contribution in [2.45, 2.75) is 76.5 Å². The van der Waals surface area contributed by atoms with Crippen LogP contribution in [0.2, 0.25) is 0 Å². The second-order valence-corrected chi connectivity index (χ2v) is 12.9. The van der Waals surface area contributed by atoms with Gasteiger partial charge in [0.25, 0.3) is 0 Å². The summed E-state index contributed by atoms with van der Waals surface area (Å²) in [4.78, 5) is 0. The molecule has 0 nitrogen and oxygen atoms in total. The predicted molar refractivity (Wildman–Crippen MR) is 113 cm³/mol. The SMILES string of the molecule is Brc1ccc(C2C3CC4CC(C3)CC2(C23CC5CC(CC(C5)C2)C3)C4)cc1. The quantitative estimate of drug-likeness (QED) is 0.458. The zero-order chi connectivity index (χ0) is 17.8. The first-order valence-electron chi connectivity index (χ1n) is 11.9. The maximum atomic E-state index is 3.69. The van der Waals surface area contributed by atoms with Gasteiger partial charge in [-0.3, -0.25) is 0 Å². The molecule has 3 unspecified atom stereocenters. The zero-order valence-corrected chi connectivity index (χ0v) is 18.1. The minimum absolute atomic E-state index is 0.658. The van der Waals surface area contributed by atoms with Gasteiger partial charge in [-0.2, -0.15) is 0 Å². The standard InChI is InChI=1S/C26H33Br/c27-23-3-1-21(2-4-23)24-22-9-19-8-20(10-22)15-26(24,14-19)25-11-16-5-17(12-25)7-18(6-16)13-25/h1-4,16-20,22,24H,5-15H2. The van der Waals surface area contributed by atoms with Crippen LogP contribution in [0.3, 0.4) is 0 Å². The lowest BCUT2D eigenvalue weighted by atomic mass is 9.32. The first-order chi connectivity index (χ1) is 13.1. The largest absolute Gasteiger partial charge is 0.0576 e. The molecular weight excluding hydrogens is 392 g/mol. The van der Waals surface area contributed by atoms with E-state index in [0.717, 1.165) is 46.8 Å². The molecule has 1 heteroatoms. The molecule has 0 aliphatic heterocycles. The van der Waals surface area contributed by atoms with Gasteiger partial charge in [0.2, 0.25) is 0 Å². The summed E-state index contributed by atoms with van der Waals surface area (Å²) in [6.45, 7) is 0. The van der Waals surface area contributed by atoms with Crippen molar-refractivity contribution >= 4 is 15.9 Å². The summed E-state index contributed by atoms with van der Waals surface area (Å²) in [5.41, 5.74) is 3.08. The van der Waals surface area contributed by atoms with Crippen LogP contribution in [-0.2, 0) is 0 Å². The maximum absolute atomic E-state index is 3.69. The molecule has 8 aliphatic rings. The van der Waals surface area contributed by atoms with Crippen LogP contribution in [0.1, 0.15) is 82.1 Å². The Morgan fingerprint density at radius 3 is 1.63 bits per heavy atom.